The molecule has 0 bridgehead atoms. The Balaban J connectivity index is 1.26. The van der Waals surface area contributed by atoms with E-state index in [2.05, 4.69) is 10.6 Å². The number of ether oxygens (including phenoxy) is 2. The monoisotopic (exact) mass is 542 g/mol. The van der Waals surface area contributed by atoms with E-state index in [9.17, 15) is 24.0 Å². The second-order valence-corrected chi connectivity index (χ2v) is 11.4. The molecule has 1 atom stereocenters. The van der Waals surface area contributed by atoms with Crippen molar-refractivity contribution in [3.05, 3.63) is 29.3 Å². The molecule has 4 rings (SSSR count). The second kappa shape index (κ2) is 11.7. The van der Waals surface area contributed by atoms with Crippen LogP contribution in [-0.2, 0) is 19.1 Å². The van der Waals surface area contributed by atoms with Crippen LogP contribution in [0.25, 0.3) is 0 Å². The molecule has 0 spiro atoms. The van der Waals surface area contributed by atoms with Gasteiger partial charge in [0.05, 0.1) is 17.2 Å². The van der Waals surface area contributed by atoms with E-state index in [1.54, 1.807) is 30.1 Å². The molecule has 0 radical (unpaired) electrons. The van der Waals surface area contributed by atoms with Crippen LogP contribution in [0.4, 0.5) is 10.5 Å². The van der Waals surface area contributed by atoms with Crippen molar-refractivity contribution in [1.82, 2.24) is 15.1 Å². The van der Waals surface area contributed by atoms with Crippen LogP contribution < -0.4 is 10.6 Å². The lowest BCUT2D eigenvalue weighted by atomic mass is 9.92. The number of rotatable bonds is 8. The van der Waals surface area contributed by atoms with Gasteiger partial charge < -0.3 is 19.7 Å². The zero-order valence-corrected chi connectivity index (χ0v) is 23.1. The maximum Gasteiger partial charge on any atom is 0.410 e. The maximum atomic E-state index is 13.3. The summed E-state index contributed by atoms with van der Waals surface area (Å²) in [6, 6.07) is 4.23. The van der Waals surface area contributed by atoms with Crippen LogP contribution >= 0.6 is 0 Å². The highest BCUT2D eigenvalue weighted by molar-refractivity contribution is 6.25. The summed E-state index contributed by atoms with van der Waals surface area (Å²) in [5.74, 6) is -2.04. The smallest absolute Gasteiger partial charge is 0.410 e. The van der Waals surface area contributed by atoms with Crippen LogP contribution in [0.15, 0.2) is 18.2 Å². The van der Waals surface area contributed by atoms with Crippen LogP contribution in [0.1, 0.15) is 86.4 Å². The average Bonchev–Trinajstić information content (AvgIpc) is 3.12. The fourth-order valence-electron chi connectivity index (χ4n) is 5.21. The zero-order valence-electron chi connectivity index (χ0n) is 23.1. The van der Waals surface area contributed by atoms with Crippen molar-refractivity contribution in [3.63, 3.8) is 0 Å². The molecule has 1 aromatic carbocycles. The fourth-order valence-corrected chi connectivity index (χ4v) is 5.21. The van der Waals surface area contributed by atoms with Gasteiger partial charge in [0.2, 0.25) is 11.8 Å². The molecule has 39 heavy (non-hydrogen) atoms. The van der Waals surface area contributed by atoms with Gasteiger partial charge in [-0.05, 0) is 71.4 Å². The van der Waals surface area contributed by atoms with Gasteiger partial charge in [0, 0.05) is 38.3 Å². The molecule has 1 aliphatic carbocycles. The number of hydrogen-bond donors (Lipinski definition) is 2. The highest BCUT2D eigenvalue weighted by Gasteiger charge is 2.45. The molecule has 2 N–H and O–H groups in total. The molecule has 11 nitrogen and oxygen atoms in total. The summed E-state index contributed by atoms with van der Waals surface area (Å²) >= 11 is 0. The summed E-state index contributed by atoms with van der Waals surface area (Å²) in [6.07, 6.45) is 4.08. The summed E-state index contributed by atoms with van der Waals surface area (Å²) in [6.45, 7) is 6.62. The number of fused-ring (bicyclic) bond motifs is 1. The number of benzene rings is 1. The number of carbonyl (C=O) groups is 5. The van der Waals surface area contributed by atoms with Gasteiger partial charge in [0.15, 0.2) is 0 Å². The SMILES string of the molecule is CN(CCCOC1CCC(Nc2cccc3c2C(=O)N(C2CCC(=O)NC2=O)C3=O)CC1)C(=O)OC(C)(C)C. The van der Waals surface area contributed by atoms with Gasteiger partial charge in [-0.2, -0.15) is 0 Å². The molecule has 1 unspecified atom stereocenters. The highest BCUT2D eigenvalue weighted by atomic mass is 16.6. The minimum absolute atomic E-state index is 0.0840. The third-order valence-corrected chi connectivity index (χ3v) is 7.20. The number of carbonyl (C=O) groups excluding carboxylic acids is 5. The first-order chi connectivity index (χ1) is 18.4. The summed E-state index contributed by atoms with van der Waals surface area (Å²) in [5.41, 5.74) is 0.599. The molecule has 2 aliphatic heterocycles. The van der Waals surface area contributed by atoms with E-state index < -0.39 is 35.3 Å². The molecule has 1 saturated heterocycles. The number of hydrogen-bond acceptors (Lipinski definition) is 8. The number of anilines is 1. The molecule has 0 aromatic heterocycles. The molecule has 1 aromatic rings. The topological polar surface area (TPSA) is 134 Å². The minimum atomic E-state index is -0.987. The highest BCUT2D eigenvalue weighted by Crippen LogP contribution is 2.34. The normalized spacial score (nSPS) is 23.4. The van der Waals surface area contributed by atoms with Crippen molar-refractivity contribution in [3.8, 4) is 0 Å². The first kappa shape index (κ1) is 28.5. The first-order valence-corrected chi connectivity index (χ1v) is 13.6. The predicted molar refractivity (Wildman–Crippen MR) is 142 cm³/mol. The molecule has 1 saturated carbocycles. The van der Waals surface area contributed by atoms with Gasteiger partial charge in [-0.1, -0.05) is 6.07 Å². The second-order valence-electron chi connectivity index (χ2n) is 11.4. The Bertz CT molecular complexity index is 1140. The minimum Gasteiger partial charge on any atom is -0.444 e. The van der Waals surface area contributed by atoms with Gasteiger partial charge in [-0.15, -0.1) is 0 Å². The summed E-state index contributed by atoms with van der Waals surface area (Å²) in [7, 11) is 1.72. The Morgan fingerprint density at radius 3 is 2.46 bits per heavy atom. The van der Waals surface area contributed by atoms with Crippen molar-refractivity contribution in [2.75, 3.05) is 25.5 Å². The standard InChI is InChI=1S/C28H38N4O7/c1-28(2,3)39-27(37)31(4)15-6-16-38-18-11-9-17(10-12-18)29-20-8-5-7-19-23(20)26(36)32(25(19)35)21-13-14-22(33)30-24(21)34/h5,7-8,17-18,21,29H,6,9-16H2,1-4H3,(H,30,33,34). The third-order valence-electron chi connectivity index (χ3n) is 7.20. The number of piperidine rings is 1. The Morgan fingerprint density at radius 1 is 1.08 bits per heavy atom. The Kier molecular flexibility index (Phi) is 8.58. The quantitative estimate of drug-likeness (QED) is 0.378. The van der Waals surface area contributed by atoms with E-state index in [-0.39, 0.29) is 42.2 Å². The molecule has 5 amide bonds. The molecular weight excluding hydrogens is 504 g/mol. The Hall–Kier alpha value is -3.47. The van der Waals surface area contributed by atoms with Gasteiger partial charge in [-0.3, -0.25) is 29.4 Å². The van der Waals surface area contributed by atoms with E-state index in [1.165, 1.54) is 0 Å². The van der Waals surface area contributed by atoms with Gasteiger partial charge in [-0.25, -0.2) is 4.79 Å². The average molecular weight is 543 g/mol. The first-order valence-electron chi connectivity index (χ1n) is 13.6. The lowest BCUT2D eigenvalue weighted by Gasteiger charge is -2.30. The van der Waals surface area contributed by atoms with E-state index in [1.807, 2.05) is 20.8 Å². The Morgan fingerprint density at radius 2 is 1.79 bits per heavy atom. The molecule has 2 fully saturated rings. The summed E-state index contributed by atoms with van der Waals surface area (Å²) in [5, 5.41) is 5.66. The van der Waals surface area contributed by atoms with E-state index in [0.717, 1.165) is 30.6 Å². The third kappa shape index (κ3) is 6.76. The van der Waals surface area contributed by atoms with Crippen LogP contribution in [0.3, 0.4) is 0 Å². The molecule has 2 heterocycles. The number of nitrogens with zero attached hydrogens (tertiary/aromatic N) is 2. The molecule has 11 heteroatoms. The van der Waals surface area contributed by atoms with Gasteiger partial charge in [0.25, 0.3) is 11.8 Å². The van der Waals surface area contributed by atoms with Crippen molar-refractivity contribution < 1.29 is 33.4 Å². The maximum absolute atomic E-state index is 13.3. The molecule has 3 aliphatic rings. The number of nitrogens with one attached hydrogen (secondary N) is 2. The van der Waals surface area contributed by atoms with Crippen molar-refractivity contribution in [1.29, 1.82) is 0 Å². The van der Waals surface area contributed by atoms with Crippen LogP contribution in [-0.4, -0.2) is 83.5 Å². The van der Waals surface area contributed by atoms with Crippen molar-refractivity contribution in [2.45, 2.75) is 89.5 Å². The van der Waals surface area contributed by atoms with E-state index >= 15 is 0 Å². The van der Waals surface area contributed by atoms with Crippen LogP contribution in [0.5, 0.6) is 0 Å². The van der Waals surface area contributed by atoms with Crippen molar-refractivity contribution >= 4 is 35.4 Å². The lowest BCUT2D eigenvalue weighted by Crippen LogP contribution is -2.54. The van der Waals surface area contributed by atoms with Gasteiger partial charge >= 0.3 is 6.09 Å². The fraction of sp³-hybridized carbons (Fsp3) is 0.607. The van der Waals surface area contributed by atoms with Crippen LogP contribution in [0.2, 0.25) is 0 Å². The number of imide groups is 2. The van der Waals surface area contributed by atoms with Crippen molar-refractivity contribution in [2.24, 2.45) is 0 Å². The Labute approximate surface area is 228 Å². The molecular formula is C28H38N4O7. The predicted octanol–water partition coefficient (Wildman–Crippen LogP) is 3.08. The van der Waals surface area contributed by atoms with E-state index in [4.69, 9.17) is 9.47 Å². The van der Waals surface area contributed by atoms with E-state index in [0.29, 0.717) is 25.3 Å². The van der Waals surface area contributed by atoms with Crippen LogP contribution in [0, 0.1) is 0 Å². The summed E-state index contributed by atoms with van der Waals surface area (Å²) in [4.78, 5) is 64.8. The molecule has 212 valence electrons. The largest absolute Gasteiger partial charge is 0.444 e. The lowest BCUT2D eigenvalue weighted by molar-refractivity contribution is -0.136. The summed E-state index contributed by atoms with van der Waals surface area (Å²) < 4.78 is 11.4. The van der Waals surface area contributed by atoms with Gasteiger partial charge in [0.1, 0.15) is 11.6 Å². The zero-order chi connectivity index (χ0) is 28.3. The number of amides is 5.